The van der Waals surface area contributed by atoms with Crippen LogP contribution in [-0.4, -0.2) is 20.5 Å². The van der Waals surface area contributed by atoms with Gasteiger partial charge in [0.05, 0.1) is 0 Å². The highest BCUT2D eigenvalue weighted by Crippen LogP contribution is 2.23. The van der Waals surface area contributed by atoms with E-state index in [0.717, 1.165) is 0 Å². The summed E-state index contributed by atoms with van der Waals surface area (Å²) >= 11 is 0. The first kappa shape index (κ1) is 11.3. The number of carboxylic acids is 1. The predicted molar refractivity (Wildman–Crippen MR) is 68.7 cm³/mol. The van der Waals surface area contributed by atoms with Crippen LogP contribution in [0.4, 0.5) is 0 Å². The molecule has 0 fully saturated rings. The SMILES string of the molecule is O=C(O)c1cc(Oc2ccccc2)cc2nccn12. The van der Waals surface area contributed by atoms with Crippen molar-refractivity contribution in [3.63, 3.8) is 0 Å². The van der Waals surface area contributed by atoms with Crippen molar-refractivity contribution >= 4 is 11.6 Å². The van der Waals surface area contributed by atoms with Gasteiger partial charge in [-0.2, -0.15) is 0 Å². The summed E-state index contributed by atoms with van der Waals surface area (Å²) in [6.45, 7) is 0. The monoisotopic (exact) mass is 254 g/mol. The first-order valence-electron chi connectivity index (χ1n) is 5.67. The molecule has 0 aliphatic carbocycles. The zero-order valence-corrected chi connectivity index (χ0v) is 9.85. The summed E-state index contributed by atoms with van der Waals surface area (Å²) in [5, 5.41) is 9.19. The summed E-state index contributed by atoms with van der Waals surface area (Å²) in [5.74, 6) is 0.0681. The van der Waals surface area contributed by atoms with Crippen LogP contribution in [0.2, 0.25) is 0 Å². The largest absolute Gasteiger partial charge is 0.477 e. The van der Waals surface area contributed by atoms with Crippen molar-refractivity contribution in [3.05, 3.63) is 60.6 Å². The van der Waals surface area contributed by atoms with Crippen molar-refractivity contribution in [1.82, 2.24) is 9.38 Å². The molecule has 2 heterocycles. The van der Waals surface area contributed by atoms with E-state index in [2.05, 4.69) is 4.98 Å². The summed E-state index contributed by atoms with van der Waals surface area (Å²) in [6.07, 6.45) is 3.15. The Morgan fingerprint density at radius 1 is 1.16 bits per heavy atom. The maximum Gasteiger partial charge on any atom is 0.353 e. The molecule has 0 aliphatic heterocycles. The highest BCUT2D eigenvalue weighted by Gasteiger charge is 2.11. The van der Waals surface area contributed by atoms with Crippen molar-refractivity contribution in [1.29, 1.82) is 0 Å². The van der Waals surface area contributed by atoms with E-state index in [9.17, 15) is 9.90 Å². The van der Waals surface area contributed by atoms with Gasteiger partial charge in [-0.25, -0.2) is 9.78 Å². The van der Waals surface area contributed by atoms with Gasteiger partial charge in [0.15, 0.2) is 0 Å². The Hall–Kier alpha value is -2.82. The van der Waals surface area contributed by atoms with Crippen molar-refractivity contribution < 1.29 is 14.6 Å². The zero-order valence-electron chi connectivity index (χ0n) is 9.85. The molecule has 0 saturated carbocycles. The summed E-state index contributed by atoms with van der Waals surface area (Å²) < 4.78 is 7.13. The minimum absolute atomic E-state index is 0.112. The number of aromatic nitrogens is 2. The Labute approximate surface area is 108 Å². The van der Waals surface area contributed by atoms with Gasteiger partial charge in [0, 0.05) is 24.5 Å². The average molecular weight is 254 g/mol. The number of imidazole rings is 1. The molecule has 94 valence electrons. The first-order valence-corrected chi connectivity index (χ1v) is 5.67. The normalized spacial score (nSPS) is 10.5. The van der Waals surface area contributed by atoms with Crippen LogP contribution >= 0.6 is 0 Å². The van der Waals surface area contributed by atoms with Crippen LogP contribution in [0.1, 0.15) is 10.5 Å². The Morgan fingerprint density at radius 3 is 2.68 bits per heavy atom. The van der Waals surface area contributed by atoms with Crippen LogP contribution in [0.5, 0.6) is 11.5 Å². The number of pyridine rings is 1. The Morgan fingerprint density at radius 2 is 1.95 bits per heavy atom. The standard InChI is InChI=1S/C14H10N2O3/c17-14(18)12-8-11(9-13-15-6-7-16(12)13)19-10-4-2-1-3-5-10/h1-9H,(H,17,18). The van der Waals surface area contributed by atoms with Crippen molar-refractivity contribution in [3.8, 4) is 11.5 Å². The van der Waals surface area contributed by atoms with E-state index in [4.69, 9.17) is 4.74 Å². The quantitative estimate of drug-likeness (QED) is 0.780. The van der Waals surface area contributed by atoms with E-state index in [1.165, 1.54) is 10.5 Å². The maximum atomic E-state index is 11.2. The smallest absolute Gasteiger partial charge is 0.353 e. The highest BCUT2D eigenvalue weighted by molar-refractivity contribution is 5.87. The maximum absolute atomic E-state index is 11.2. The number of hydrogen-bond acceptors (Lipinski definition) is 3. The number of ether oxygens (including phenoxy) is 1. The van der Waals surface area contributed by atoms with Crippen LogP contribution in [0, 0.1) is 0 Å². The number of rotatable bonds is 3. The molecule has 0 spiro atoms. The van der Waals surface area contributed by atoms with Crippen LogP contribution < -0.4 is 4.74 Å². The van der Waals surface area contributed by atoms with Gasteiger partial charge in [0.25, 0.3) is 0 Å². The number of fused-ring (bicyclic) bond motifs is 1. The molecule has 0 radical (unpaired) electrons. The molecule has 5 nitrogen and oxygen atoms in total. The minimum Gasteiger partial charge on any atom is -0.477 e. The van der Waals surface area contributed by atoms with Crippen LogP contribution in [-0.2, 0) is 0 Å². The fourth-order valence-corrected chi connectivity index (χ4v) is 1.85. The first-order chi connectivity index (χ1) is 9.24. The summed E-state index contributed by atoms with van der Waals surface area (Å²) in [5.41, 5.74) is 0.645. The lowest BCUT2D eigenvalue weighted by molar-refractivity contribution is 0.0688. The molecule has 0 unspecified atom stereocenters. The van der Waals surface area contributed by atoms with Crippen LogP contribution in [0.3, 0.4) is 0 Å². The lowest BCUT2D eigenvalue weighted by Gasteiger charge is -2.08. The van der Waals surface area contributed by atoms with Crippen molar-refractivity contribution in [2.45, 2.75) is 0 Å². The molecule has 0 atom stereocenters. The fourth-order valence-electron chi connectivity index (χ4n) is 1.85. The molecule has 3 aromatic rings. The average Bonchev–Trinajstić information content (AvgIpc) is 2.87. The minimum atomic E-state index is -1.03. The topological polar surface area (TPSA) is 63.8 Å². The van der Waals surface area contributed by atoms with E-state index in [1.807, 2.05) is 18.2 Å². The Kier molecular flexibility index (Phi) is 2.64. The number of benzene rings is 1. The Balaban J connectivity index is 2.07. The molecule has 0 amide bonds. The van der Waals surface area contributed by atoms with Crippen molar-refractivity contribution in [2.75, 3.05) is 0 Å². The third-order valence-corrected chi connectivity index (χ3v) is 2.68. The lowest BCUT2D eigenvalue weighted by Crippen LogP contribution is -2.04. The van der Waals surface area contributed by atoms with E-state index in [1.54, 1.807) is 30.6 Å². The lowest BCUT2D eigenvalue weighted by atomic mass is 10.3. The summed E-state index contributed by atoms with van der Waals surface area (Å²) in [7, 11) is 0. The second-order valence-electron chi connectivity index (χ2n) is 3.95. The second-order valence-corrected chi connectivity index (χ2v) is 3.95. The van der Waals surface area contributed by atoms with Gasteiger partial charge in [-0.05, 0) is 12.1 Å². The predicted octanol–water partition coefficient (Wildman–Crippen LogP) is 2.82. The highest BCUT2D eigenvalue weighted by atomic mass is 16.5. The number of carbonyl (C=O) groups is 1. The molecule has 1 aromatic carbocycles. The van der Waals surface area contributed by atoms with Gasteiger partial charge in [0.2, 0.25) is 0 Å². The van der Waals surface area contributed by atoms with E-state index < -0.39 is 5.97 Å². The van der Waals surface area contributed by atoms with Gasteiger partial charge in [-0.3, -0.25) is 4.40 Å². The second kappa shape index (κ2) is 4.45. The van der Waals surface area contributed by atoms with Gasteiger partial charge in [-0.1, -0.05) is 18.2 Å². The van der Waals surface area contributed by atoms with Crippen molar-refractivity contribution in [2.24, 2.45) is 0 Å². The van der Waals surface area contributed by atoms with Crippen LogP contribution in [0.25, 0.3) is 5.65 Å². The number of aromatic carboxylic acids is 1. The van der Waals surface area contributed by atoms with E-state index >= 15 is 0 Å². The summed E-state index contributed by atoms with van der Waals surface area (Å²) in [4.78, 5) is 15.3. The molecule has 5 heteroatoms. The van der Waals surface area contributed by atoms with Crippen LogP contribution in [0.15, 0.2) is 54.9 Å². The van der Waals surface area contributed by atoms with Gasteiger partial charge >= 0.3 is 5.97 Å². The summed E-state index contributed by atoms with van der Waals surface area (Å²) in [6, 6.07) is 12.4. The Bertz CT molecular complexity index is 735. The molecule has 0 aliphatic rings. The molecule has 1 N–H and O–H groups in total. The van der Waals surface area contributed by atoms with Gasteiger partial charge in [0.1, 0.15) is 22.8 Å². The molecule has 0 bridgehead atoms. The van der Waals surface area contributed by atoms with Gasteiger partial charge < -0.3 is 9.84 Å². The number of nitrogens with zero attached hydrogens (tertiary/aromatic N) is 2. The van der Waals surface area contributed by atoms with Gasteiger partial charge in [-0.15, -0.1) is 0 Å². The van der Waals surface area contributed by atoms with E-state index in [0.29, 0.717) is 17.1 Å². The molecule has 19 heavy (non-hydrogen) atoms. The molecule has 2 aromatic heterocycles. The third kappa shape index (κ3) is 2.13. The molecule has 0 saturated heterocycles. The van der Waals surface area contributed by atoms with E-state index in [-0.39, 0.29) is 5.69 Å². The molecule has 3 rings (SSSR count). The third-order valence-electron chi connectivity index (χ3n) is 2.68. The number of hydrogen-bond donors (Lipinski definition) is 1. The fraction of sp³-hybridized carbons (Fsp3) is 0. The molecular weight excluding hydrogens is 244 g/mol. The zero-order chi connectivity index (χ0) is 13.2. The number of carboxylic acid groups (broad SMARTS) is 1. The number of para-hydroxylation sites is 1. The molecular formula is C14H10N2O3.